The van der Waals surface area contributed by atoms with Gasteiger partial charge in [-0.15, -0.1) is 0 Å². The van der Waals surface area contributed by atoms with Gasteiger partial charge in [-0.2, -0.15) is 13.2 Å². The van der Waals surface area contributed by atoms with Crippen LogP contribution in [0.2, 0.25) is 0 Å². The van der Waals surface area contributed by atoms with Gasteiger partial charge < -0.3 is 10.0 Å². The molecule has 0 atom stereocenters. The van der Waals surface area contributed by atoms with Crippen LogP contribution < -0.4 is 4.90 Å². The summed E-state index contributed by atoms with van der Waals surface area (Å²) in [6.45, 7) is 0.00253. The largest absolute Gasteiger partial charge is 0.478 e. The predicted molar refractivity (Wildman–Crippen MR) is 71.4 cm³/mol. The summed E-state index contributed by atoms with van der Waals surface area (Å²) in [6, 6.07) is 2.77. The standard InChI is InChI=1S/C12H14F3NO4S/c1-16(5-6-21(2,19)20)8-3-4-9(11(17)18)10(7-8)12(13,14)15/h3-4,7H,5-6H2,1-2H3,(H,17,18). The molecule has 5 nitrogen and oxygen atoms in total. The van der Waals surface area contributed by atoms with E-state index in [2.05, 4.69) is 0 Å². The van der Waals surface area contributed by atoms with Crippen LogP contribution in [0.3, 0.4) is 0 Å². The zero-order chi connectivity index (χ0) is 16.4. The van der Waals surface area contributed by atoms with Gasteiger partial charge in [0.15, 0.2) is 0 Å². The van der Waals surface area contributed by atoms with Crippen LogP contribution in [0.4, 0.5) is 18.9 Å². The number of carboxylic acid groups (broad SMARTS) is 1. The Morgan fingerprint density at radius 2 is 1.90 bits per heavy atom. The minimum absolute atomic E-state index is 0.00253. The van der Waals surface area contributed by atoms with E-state index in [0.29, 0.717) is 6.07 Å². The SMILES string of the molecule is CN(CCS(C)(=O)=O)c1ccc(C(=O)O)c(C(F)(F)F)c1. The number of carboxylic acids is 1. The lowest BCUT2D eigenvalue weighted by Gasteiger charge is -2.21. The molecule has 0 heterocycles. The summed E-state index contributed by atoms with van der Waals surface area (Å²) < 4.78 is 60.7. The second-order valence-corrected chi connectivity index (χ2v) is 6.84. The molecule has 9 heteroatoms. The lowest BCUT2D eigenvalue weighted by atomic mass is 10.1. The fourth-order valence-corrected chi connectivity index (χ4v) is 2.23. The third kappa shape index (κ3) is 4.92. The zero-order valence-electron chi connectivity index (χ0n) is 11.3. The Hall–Kier alpha value is -1.77. The lowest BCUT2D eigenvalue weighted by molar-refractivity contribution is -0.138. The van der Waals surface area contributed by atoms with Crippen LogP contribution in [0.5, 0.6) is 0 Å². The molecule has 0 radical (unpaired) electrons. The van der Waals surface area contributed by atoms with E-state index in [1.165, 1.54) is 18.0 Å². The van der Waals surface area contributed by atoms with Crippen molar-refractivity contribution in [2.75, 3.05) is 30.5 Å². The first-order chi connectivity index (χ1) is 9.42. The first-order valence-electron chi connectivity index (χ1n) is 5.75. The van der Waals surface area contributed by atoms with Gasteiger partial charge in [-0.05, 0) is 18.2 Å². The maximum absolute atomic E-state index is 12.8. The van der Waals surface area contributed by atoms with Crippen molar-refractivity contribution >= 4 is 21.5 Å². The first kappa shape index (κ1) is 17.3. The number of alkyl halides is 3. The van der Waals surface area contributed by atoms with E-state index >= 15 is 0 Å². The molecule has 0 aliphatic heterocycles. The van der Waals surface area contributed by atoms with Crippen LogP contribution in [-0.4, -0.2) is 45.1 Å². The second-order valence-electron chi connectivity index (χ2n) is 4.58. The van der Waals surface area contributed by atoms with Crippen molar-refractivity contribution in [3.8, 4) is 0 Å². The van der Waals surface area contributed by atoms with E-state index < -0.39 is 33.1 Å². The van der Waals surface area contributed by atoms with Gasteiger partial charge in [0.25, 0.3) is 0 Å². The lowest BCUT2D eigenvalue weighted by Crippen LogP contribution is -2.25. The number of rotatable bonds is 5. The summed E-state index contributed by atoms with van der Waals surface area (Å²) in [5, 5.41) is 8.78. The monoisotopic (exact) mass is 325 g/mol. The Kier molecular flexibility index (Phi) is 4.87. The molecule has 118 valence electrons. The van der Waals surface area contributed by atoms with Gasteiger partial charge in [0.2, 0.25) is 0 Å². The summed E-state index contributed by atoms with van der Waals surface area (Å²) in [7, 11) is -1.81. The molecule has 0 aromatic heterocycles. The van der Waals surface area contributed by atoms with Gasteiger partial charge in [0.05, 0.1) is 16.9 Å². The molecule has 0 bridgehead atoms. The maximum Gasteiger partial charge on any atom is 0.417 e. The van der Waals surface area contributed by atoms with Crippen molar-refractivity contribution in [3.05, 3.63) is 29.3 Å². The van der Waals surface area contributed by atoms with Crippen molar-refractivity contribution < 1.29 is 31.5 Å². The van der Waals surface area contributed by atoms with E-state index in [1.807, 2.05) is 0 Å². The average Bonchev–Trinajstić information content (AvgIpc) is 2.33. The second kappa shape index (κ2) is 5.92. The van der Waals surface area contributed by atoms with Crippen LogP contribution >= 0.6 is 0 Å². The summed E-state index contributed by atoms with van der Waals surface area (Å²) in [5.74, 6) is -1.89. The Labute approximate surface area is 119 Å². The van der Waals surface area contributed by atoms with Crippen molar-refractivity contribution in [1.82, 2.24) is 0 Å². The van der Waals surface area contributed by atoms with Gasteiger partial charge >= 0.3 is 12.1 Å². The molecule has 0 saturated heterocycles. The number of carbonyl (C=O) groups is 1. The molecule has 1 aromatic carbocycles. The maximum atomic E-state index is 12.8. The molecule has 1 rings (SSSR count). The minimum atomic E-state index is -4.80. The highest BCUT2D eigenvalue weighted by atomic mass is 32.2. The Bertz CT molecular complexity index is 640. The number of benzene rings is 1. The van der Waals surface area contributed by atoms with Crippen LogP contribution in [0.25, 0.3) is 0 Å². The molecule has 0 aliphatic rings. The fourth-order valence-electron chi connectivity index (χ4n) is 1.62. The van der Waals surface area contributed by atoms with Gasteiger partial charge in [0, 0.05) is 25.5 Å². The van der Waals surface area contributed by atoms with E-state index in [4.69, 9.17) is 5.11 Å². The number of aromatic carboxylic acids is 1. The summed E-state index contributed by atoms with van der Waals surface area (Å²) in [5.41, 5.74) is -2.02. The summed E-state index contributed by atoms with van der Waals surface area (Å²) in [4.78, 5) is 12.1. The van der Waals surface area contributed by atoms with Gasteiger partial charge in [-0.3, -0.25) is 0 Å². The zero-order valence-corrected chi connectivity index (χ0v) is 12.1. The smallest absolute Gasteiger partial charge is 0.417 e. The molecular formula is C12H14F3NO4S. The topological polar surface area (TPSA) is 74.7 Å². The van der Waals surface area contributed by atoms with E-state index in [9.17, 15) is 26.4 Å². The molecule has 0 amide bonds. The molecule has 0 spiro atoms. The molecule has 1 N–H and O–H groups in total. The molecule has 0 unspecified atom stereocenters. The van der Waals surface area contributed by atoms with Crippen molar-refractivity contribution in [3.63, 3.8) is 0 Å². The van der Waals surface area contributed by atoms with Crippen molar-refractivity contribution in [2.45, 2.75) is 6.18 Å². The number of sulfone groups is 1. The highest BCUT2D eigenvalue weighted by Crippen LogP contribution is 2.34. The van der Waals surface area contributed by atoms with Crippen LogP contribution in [-0.2, 0) is 16.0 Å². The normalized spacial score (nSPS) is 12.2. The first-order valence-corrected chi connectivity index (χ1v) is 7.81. The van der Waals surface area contributed by atoms with Gasteiger partial charge in [0.1, 0.15) is 9.84 Å². The van der Waals surface area contributed by atoms with Crippen LogP contribution in [0, 0.1) is 0 Å². The summed E-state index contributed by atoms with van der Waals surface area (Å²) in [6.07, 6.45) is -3.78. The molecule has 1 aromatic rings. The van der Waals surface area contributed by atoms with Crippen molar-refractivity contribution in [1.29, 1.82) is 0 Å². The van der Waals surface area contributed by atoms with Crippen LogP contribution in [0.1, 0.15) is 15.9 Å². The Morgan fingerprint density at radius 1 is 1.33 bits per heavy atom. The summed E-state index contributed by atoms with van der Waals surface area (Å²) >= 11 is 0. The quantitative estimate of drug-likeness (QED) is 0.895. The molecule has 0 fully saturated rings. The van der Waals surface area contributed by atoms with Crippen LogP contribution in [0.15, 0.2) is 18.2 Å². The van der Waals surface area contributed by atoms with Gasteiger partial charge in [-0.25, -0.2) is 13.2 Å². The molecule has 21 heavy (non-hydrogen) atoms. The van der Waals surface area contributed by atoms with Gasteiger partial charge in [-0.1, -0.05) is 0 Å². The number of anilines is 1. The molecular weight excluding hydrogens is 311 g/mol. The number of hydrogen-bond acceptors (Lipinski definition) is 4. The molecule has 0 aliphatic carbocycles. The Morgan fingerprint density at radius 3 is 2.33 bits per heavy atom. The predicted octanol–water partition coefficient (Wildman–Crippen LogP) is 1.88. The highest BCUT2D eigenvalue weighted by Gasteiger charge is 2.35. The van der Waals surface area contributed by atoms with E-state index in [1.54, 1.807) is 0 Å². The fraction of sp³-hybridized carbons (Fsp3) is 0.417. The van der Waals surface area contributed by atoms with E-state index in [0.717, 1.165) is 12.3 Å². The average molecular weight is 325 g/mol. The highest BCUT2D eigenvalue weighted by molar-refractivity contribution is 7.90. The third-order valence-corrected chi connectivity index (χ3v) is 3.70. The number of halogens is 3. The number of nitrogens with zero attached hydrogens (tertiary/aromatic N) is 1. The molecule has 0 saturated carbocycles. The van der Waals surface area contributed by atoms with E-state index in [-0.39, 0.29) is 18.0 Å². The van der Waals surface area contributed by atoms with Crippen molar-refractivity contribution in [2.24, 2.45) is 0 Å². The third-order valence-electron chi connectivity index (χ3n) is 2.78. The number of hydrogen-bond donors (Lipinski definition) is 1. The Balaban J connectivity index is 3.14. The minimum Gasteiger partial charge on any atom is -0.478 e.